The summed E-state index contributed by atoms with van der Waals surface area (Å²) in [5.41, 5.74) is 0.288. The second-order valence-electron chi connectivity index (χ2n) is 7.28. The maximum absolute atomic E-state index is 12.8. The lowest BCUT2D eigenvalue weighted by Crippen LogP contribution is -2.36. The Morgan fingerprint density at radius 1 is 1.00 bits per heavy atom. The number of hydrogen-bond acceptors (Lipinski definition) is 2. The molecule has 2 amide bonds. The second kappa shape index (κ2) is 7.82. The van der Waals surface area contributed by atoms with Crippen LogP contribution in [0.3, 0.4) is 0 Å². The standard InChI is InChI=1S/C23H19F3N2O2/c24-23(25,26)18-7-3-4-15(12-18)14-27-21(29)20-10-11-28(22(20)30)19-9-8-16-5-1-2-6-17(16)13-19/h1-9,12-13,20H,10-11,14H2,(H,27,29)/t20-/m0/s1. The molecule has 1 heterocycles. The highest BCUT2D eigenvalue weighted by Gasteiger charge is 2.37. The number of halogens is 3. The van der Waals surface area contributed by atoms with Crippen LogP contribution in [0.25, 0.3) is 10.8 Å². The fourth-order valence-corrected chi connectivity index (χ4v) is 3.69. The van der Waals surface area contributed by atoms with E-state index in [1.54, 1.807) is 4.90 Å². The summed E-state index contributed by atoms with van der Waals surface area (Å²) in [5, 5.41) is 4.66. The van der Waals surface area contributed by atoms with Gasteiger partial charge in [0, 0.05) is 18.8 Å². The van der Waals surface area contributed by atoms with Crippen molar-refractivity contribution >= 4 is 28.3 Å². The maximum atomic E-state index is 12.8. The van der Waals surface area contributed by atoms with Crippen molar-refractivity contribution in [3.8, 4) is 0 Å². The van der Waals surface area contributed by atoms with E-state index in [9.17, 15) is 22.8 Å². The molecule has 4 nitrogen and oxygen atoms in total. The van der Waals surface area contributed by atoms with Gasteiger partial charge in [-0.05, 0) is 47.0 Å². The smallest absolute Gasteiger partial charge is 0.351 e. The van der Waals surface area contributed by atoms with Crippen LogP contribution in [-0.4, -0.2) is 18.4 Å². The summed E-state index contributed by atoms with van der Waals surface area (Å²) >= 11 is 0. The second-order valence-corrected chi connectivity index (χ2v) is 7.28. The number of nitrogens with one attached hydrogen (secondary N) is 1. The summed E-state index contributed by atoms with van der Waals surface area (Å²) in [7, 11) is 0. The number of benzene rings is 3. The first-order valence-corrected chi connectivity index (χ1v) is 9.57. The van der Waals surface area contributed by atoms with E-state index in [2.05, 4.69) is 5.32 Å². The number of fused-ring (bicyclic) bond motifs is 1. The Morgan fingerprint density at radius 3 is 2.53 bits per heavy atom. The molecule has 0 bridgehead atoms. The number of anilines is 1. The van der Waals surface area contributed by atoms with Gasteiger partial charge in [-0.25, -0.2) is 0 Å². The third kappa shape index (κ3) is 4.01. The Hall–Kier alpha value is -3.35. The van der Waals surface area contributed by atoms with Gasteiger partial charge in [0.15, 0.2) is 0 Å². The number of carbonyl (C=O) groups is 2. The number of hydrogen-bond donors (Lipinski definition) is 1. The predicted octanol–water partition coefficient (Wildman–Crippen LogP) is 4.53. The first-order valence-electron chi connectivity index (χ1n) is 9.57. The van der Waals surface area contributed by atoms with E-state index < -0.39 is 23.6 Å². The fraction of sp³-hybridized carbons (Fsp3) is 0.217. The van der Waals surface area contributed by atoms with Gasteiger partial charge in [0.25, 0.3) is 0 Å². The monoisotopic (exact) mass is 412 g/mol. The minimum Gasteiger partial charge on any atom is -0.351 e. The molecule has 1 saturated heterocycles. The zero-order chi connectivity index (χ0) is 21.3. The van der Waals surface area contributed by atoms with Crippen molar-refractivity contribution in [3.05, 3.63) is 77.9 Å². The molecule has 7 heteroatoms. The summed E-state index contributed by atoms with van der Waals surface area (Å²) < 4.78 is 38.5. The summed E-state index contributed by atoms with van der Waals surface area (Å²) in [5.74, 6) is -1.62. The van der Waals surface area contributed by atoms with Crippen LogP contribution in [0.2, 0.25) is 0 Å². The summed E-state index contributed by atoms with van der Waals surface area (Å²) in [4.78, 5) is 26.9. The average molecular weight is 412 g/mol. The molecule has 154 valence electrons. The molecule has 0 unspecified atom stereocenters. The van der Waals surface area contributed by atoms with Crippen LogP contribution in [0.5, 0.6) is 0 Å². The fourth-order valence-electron chi connectivity index (χ4n) is 3.69. The minimum atomic E-state index is -4.44. The van der Waals surface area contributed by atoms with Gasteiger partial charge in [0.1, 0.15) is 5.92 Å². The van der Waals surface area contributed by atoms with Crippen molar-refractivity contribution < 1.29 is 22.8 Å². The normalized spacial score (nSPS) is 16.8. The molecule has 0 saturated carbocycles. The summed E-state index contributed by atoms with van der Waals surface area (Å²) in [6.07, 6.45) is -4.08. The van der Waals surface area contributed by atoms with E-state index in [4.69, 9.17) is 0 Å². The molecule has 3 aromatic rings. The molecule has 1 N–H and O–H groups in total. The van der Waals surface area contributed by atoms with Gasteiger partial charge in [0.05, 0.1) is 5.56 Å². The number of nitrogens with zero attached hydrogens (tertiary/aromatic N) is 1. The lowest BCUT2D eigenvalue weighted by Gasteiger charge is -2.17. The predicted molar refractivity (Wildman–Crippen MR) is 108 cm³/mol. The van der Waals surface area contributed by atoms with Gasteiger partial charge in [-0.15, -0.1) is 0 Å². The molecule has 1 aliphatic heterocycles. The summed E-state index contributed by atoms with van der Waals surface area (Å²) in [6, 6.07) is 18.3. The van der Waals surface area contributed by atoms with Crippen molar-refractivity contribution in [1.29, 1.82) is 0 Å². The molecule has 30 heavy (non-hydrogen) atoms. The van der Waals surface area contributed by atoms with Crippen LogP contribution >= 0.6 is 0 Å². The Balaban J connectivity index is 1.42. The Kier molecular flexibility index (Phi) is 5.20. The topological polar surface area (TPSA) is 49.4 Å². The minimum absolute atomic E-state index is 0.0670. The van der Waals surface area contributed by atoms with Gasteiger partial charge >= 0.3 is 6.18 Å². The SMILES string of the molecule is O=C(NCc1cccc(C(F)(F)F)c1)[C@@H]1CCN(c2ccc3ccccc3c2)C1=O. The number of rotatable bonds is 4. The number of carbonyl (C=O) groups excluding carboxylic acids is 2. The summed E-state index contributed by atoms with van der Waals surface area (Å²) in [6.45, 7) is 0.349. The Bertz CT molecular complexity index is 1110. The Morgan fingerprint density at radius 2 is 1.77 bits per heavy atom. The van der Waals surface area contributed by atoms with E-state index >= 15 is 0 Å². The van der Waals surface area contributed by atoms with E-state index in [1.165, 1.54) is 12.1 Å². The van der Waals surface area contributed by atoms with Gasteiger partial charge in [-0.2, -0.15) is 13.2 Å². The zero-order valence-electron chi connectivity index (χ0n) is 15.9. The molecule has 1 atom stereocenters. The number of amides is 2. The molecular weight excluding hydrogens is 393 g/mol. The van der Waals surface area contributed by atoms with Crippen molar-refractivity contribution in [2.45, 2.75) is 19.1 Å². The quantitative estimate of drug-likeness (QED) is 0.641. The van der Waals surface area contributed by atoms with Crippen LogP contribution in [-0.2, 0) is 22.3 Å². The van der Waals surface area contributed by atoms with E-state index in [0.717, 1.165) is 28.6 Å². The van der Waals surface area contributed by atoms with Crippen molar-refractivity contribution in [2.75, 3.05) is 11.4 Å². The van der Waals surface area contributed by atoms with Crippen molar-refractivity contribution in [2.24, 2.45) is 5.92 Å². The van der Waals surface area contributed by atoms with Crippen molar-refractivity contribution in [1.82, 2.24) is 5.32 Å². The van der Waals surface area contributed by atoms with Gasteiger partial charge in [-0.3, -0.25) is 9.59 Å². The molecule has 4 rings (SSSR count). The van der Waals surface area contributed by atoms with Gasteiger partial charge in [-0.1, -0.05) is 42.5 Å². The third-order valence-corrected chi connectivity index (χ3v) is 5.29. The molecule has 0 aliphatic carbocycles. The van der Waals surface area contributed by atoms with Crippen LogP contribution in [0.15, 0.2) is 66.7 Å². The van der Waals surface area contributed by atoms with E-state index in [-0.39, 0.29) is 12.5 Å². The van der Waals surface area contributed by atoms with Crippen LogP contribution in [0.4, 0.5) is 18.9 Å². The molecule has 0 aromatic heterocycles. The maximum Gasteiger partial charge on any atom is 0.416 e. The first kappa shape index (κ1) is 19.9. The van der Waals surface area contributed by atoms with E-state index in [0.29, 0.717) is 18.5 Å². The van der Waals surface area contributed by atoms with Crippen LogP contribution < -0.4 is 10.2 Å². The van der Waals surface area contributed by atoms with E-state index in [1.807, 2.05) is 42.5 Å². The largest absolute Gasteiger partial charge is 0.416 e. The molecule has 1 aliphatic rings. The van der Waals surface area contributed by atoms with Crippen LogP contribution in [0, 0.1) is 5.92 Å². The lowest BCUT2D eigenvalue weighted by molar-refractivity contribution is -0.137. The van der Waals surface area contributed by atoms with Crippen LogP contribution in [0.1, 0.15) is 17.5 Å². The lowest BCUT2D eigenvalue weighted by atomic mass is 10.1. The average Bonchev–Trinajstić information content (AvgIpc) is 3.12. The molecule has 0 spiro atoms. The zero-order valence-corrected chi connectivity index (χ0v) is 15.9. The van der Waals surface area contributed by atoms with Gasteiger partial charge < -0.3 is 10.2 Å². The highest BCUT2D eigenvalue weighted by Crippen LogP contribution is 2.30. The molecule has 3 aromatic carbocycles. The van der Waals surface area contributed by atoms with Crippen molar-refractivity contribution in [3.63, 3.8) is 0 Å². The highest BCUT2D eigenvalue weighted by molar-refractivity contribution is 6.10. The highest BCUT2D eigenvalue weighted by atomic mass is 19.4. The first-order chi connectivity index (χ1) is 14.3. The number of alkyl halides is 3. The third-order valence-electron chi connectivity index (χ3n) is 5.29. The molecule has 0 radical (unpaired) electrons. The molecular formula is C23H19F3N2O2. The van der Waals surface area contributed by atoms with Gasteiger partial charge in [0.2, 0.25) is 11.8 Å². The Labute approximate surface area is 171 Å². The molecule has 1 fully saturated rings.